The third-order valence-corrected chi connectivity index (χ3v) is 4.90. The molecular formula is C24H29N3O2. The highest BCUT2D eigenvalue weighted by Gasteiger charge is 2.15. The van der Waals surface area contributed by atoms with E-state index >= 15 is 0 Å². The van der Waals surface area contributed by atoms with Crippen LogP contribution in [0.15, 0.2) is 65.2 Å². The van der Waals surface area contributed by atoms with Crippen LogP contribution < -0.4 is 5.32 Å². The van der Waals surface area contributed by atoms with E-state index in [1.807, 2.05) is 50.2 Å². The number of carbonyl (C=O) groups is 1. The summed E-state index contributed by atoms with van der Waals surface area (Å²) in [5, 5.41) is 7.18. The average Bonchev–Trinajstić information content (AvgIpc) is 3.22. The molecule has 3 aromatic rings. The zero-order valence-corrected chi connectivity index (χ0v) is 17.2. The number of hydrogen-bond donors (Lipinski definition) is 1. The maximum atomic E-state index is 12.6. The normalized spacial score (nSPS) is 12.1. The molecule has 0 aliphatic carbocycles. The highest BCUT2D eigenvalue weighted by molar-refractivity contribution is 5.76. The lowest BCUT2D eigenvalue weighted by atomic mass is 9.98. The summed E-state index contributed by atoms with van der Waals surface area (Å²) in [6, 6.07) is 20.5. The number of aryl methyl sites for hydroxylation is 2. The van der Waals surface area contributed by atoms with E-state index in [1.165, 1.54) is 5.56 Å². The number of nitrogens with one attached hydrogen (secondary N) is 1. The number of amides is 1. The molecule has 3 rings (SSSR count). The molecular weight excluding hydrogens is 362 g/mol. The van der Waals surface area contributed by atoms with Crippen LogP contribution in [0.1, 0.15) is 67.9 Å². The van der Waals surface area contributed by atoms with Crippen LogP contribution in [-0.2, 0) is 17.6 Å². The molecule has 1 atom stereocenters. The first-order valence-electron chi connectivity index (χ1n) is 10.3. The standard InChI is InChI=1S/C24H29N3O2/c1-18(2)24-26-23(29-27-24)15-9-14-22(28)25-21(20-12-7-4-8-13-20)17-16-19-10-5-3-6-11-19/h3-8,10-13,18,21H,9,14-17H2,1-2H3,(H,25,28). The lowest BCUT2D eigenvalue weighted by molar-refractivity contribution is -0.122. The second kappa shape index (κ2) is 10.6. The van der Waals surface area contributed by atoms with Crippen molar-refractivity contribution in [3.05, 3.63) is 83.5 Å². The molecule has 1 N–H and O–H groups in total. The van der Waals surface area contributed by atoms with Crippen LogP contribution in [0.3, 0.4) is 0 Å². The molecule has 0 radical (unpaired) electrons. The molecule has 0 aliphatic rings. The summed E-state index contributed by atoms with van der Waals surface area (Å²) in [6.45, 7) is 4.06. The van der Waals surface area contributed by atoms with Crippen LogP contribution in [0.5, 0.6) is 0 Å². The summed E-state index contributed by atoms with van der Waals surface area (Å²) < 4.78 is 5.25. The van der Waals surface area contributed by atoms with Crippen LogP contribution in [0.4, 0.5) is 0 Å². The minimum absolute atomic E-state index is 0.000135. The molecule has 0 saturated carbocycles. The van der Waals surface area contributed by atoms with Crippen molar-refractivity contribution in [2.45, 2.75) is 57.9 Å². The molecule has 29 heavy (non-hydrogen) atoms. The SMILES string of the molecule is CC(C)c1noc(CCCC(=O)NC(CCc2ccccc2)c2ccccc2)n1. The fraction of sp³-hybridized carbons (Fsp3) is 0.375. The monoisotopic (exact) mass is 391 g/mol. The number of carbonyl (C=O) groups excluding carboxylic acids is 1. The zero-order chi connectivity index (χ0) is 20.5. The Hall–Kier alpha value is -2.95. The Bertz CT molecular complexity index is 875. The fourth-order valence-electron chi connectivity index (χ4n) is 3.23. The van der Waals surface area contributed by atoms with Crippen molar-refractivity contribution in [3.8, 4) is 0 Å². The predicted octanol–water partition coefficient (Wildman–Crippen LogP) is 5.01. The van der Waals surface area contributed by atoms with E-state index in [0.29, 0.717) is 25.2 Å². The van der Waals surface area contributed by atoms with Gasteiger partial charge >= 0.3 is 0 Å². The van der Waals surface area contributed by atoms with Gasteiger partial charge in [-0.1, -0.05) is 79.7 Å². The number of rotatable bonds is 10. The molecule has 1 amide bonds. The van der Waals surface area contributed by atoms with E-state index in [0.717, 1.165) is 24.2 Å². The predicted molar refractivity (Wildman–Crippen MR) is 113 cm³/mol. The van der Waals surface area contributed by atoms with Crippen molar-refractivity contribution in [2.75, 3.05) is 0 Å². The van der Waals surface area contributed by atoms with Crippen LogP contribution in [0.25, 0.3) is 0 Å². The Kier molecular flexibility index (Phi) is 7.56. The van der Waals surface area contributed by atoms with Crippen molar-refractivity contribution < 1.29 is 9.32 Å². The highest BCUT2D eigenvalue weighted by atomic mass is 16.5. The van der Waals surface area contributed by atoms with Gasteiger partial charge in [-0.05, 0) is 30.4 Å². The van der Waals surface area contributed by atoms with Crippen LogP contribution in [0, 0.1) is 0 Å². The number of aromatic nitrogens is 2. The third kappa shape index (κ3) is 6.56. The molecule has 0 saturated heterocycles. The number of benzene rings is 2. The Labute approximate surface area is 172 Å². The lowest BCUT2D eigenvalue weighted by Crippen LogP contribution is -2.28. The van der Waals surface area contributed by atoms with Crippen LogP contribution >= 0.6 is 0 Å². The van der Waals surface area contributed by atoms with Gasteiger partial charge in [0.15, 0.2) is 5.82 Å². The molecule has 152 valence electrons. The zero-order valence-electron chi connectivity index (χ0n) is 17.2. The summed E-state index contributed by atoms with van der Waals surface area (Å²) >= 11 is 0. The minimum Gasteiger partial charge on any atom is -0.349 e. The lowest BCUT2D eigenvalue weighted by Gasteiger charge is -2.19. The summed E-state index contributed by atoms with van der Waals surface area (Å²) in [7, 11) is 0. The quantitative estimate of drug-likeness (QED) is 0.528. The Morgan fingerprint density at radius 3 is 2.34 bits per heavy atom. The summed E-state index contributed by atoms with van der Waals surface area (Å²) in [5.41, 5.74) is 2.41. The van der Waals surface area contributed by atoms with E-state index in [1.54, 1.807) is 0 Å². The van der Waals surface area contributed by atoms with Gasteiger partial charge in [0.05, 0.1) is 6.04 Å². The van der Waals surface area contributed by atoms with Gasteiger partial charge in [-0.3, -0.25) is 4.79 Å². The van der Waals surface area contributed by atoms with E-state index in [-0.39, 0.29) is 17.9 Å². The van der Waals surface area contributed by atoms with Crippen LogP contribution in [0.2, 0.25) is 0 Å². The second-order valence-electron chi connectivity index (χ2n) is 7.61. The molecule has 0 bridgehead atoms. The van der Waals surface area contributed by atoms with Crippen LogP contribution in [-0.4, -0.2) is 16.0 Å². The topological polar surface area (TPSA) is 68.0 Å². The van der Waals surface area contributed by atoms with Crippen molar-refractivity contribution in [2.24, 2.45) is 0 Å². The molecule has 1 heterocycles. The Morgan fingerprint density at radius 2 is 1.69 bits per heavy atom. The maximum Gasteiger partial charge on any atom is 0.226 e. The maximum absolute atomic E-state index is 12.6. The molecule has 2 aromatic carbocycles. The van der Waals surface area contributed by atoms with Gasteiger partial charge in [0.2, 0.25) is 11.8 Å². The summed E-state index contributed by atoms with van der Waals surface area (Å²) in [5.74, 6) is 1.61. The molecule has 1 unspecified atom stereocenters. The van der Waals surface area contributed by atoms with E-state index in [4.69, 9.17) is 4.52 Å². The number of hydrogen-bond acceptors (Lipinski definition) is 4. The molecule has 0 aliphatic heterocycles. The van der Waals surface area contributed by atoms with Gasteiger partial charge in [-0.15, -0.1) is 0 Å². The molecule has 0 spiro atoms. The van der Waals surface area contributed by atoms with E-state index in [2.05, 4.69) is 39.7 Å². The van der Waals surface area contributed by atoms with Gasteiger partial charge in [0, 0.05) is 18.8 Å². The first-order chi connectivity index (χ1) is 14.1. The molecule has 0 fully saturated rings. The molecule has 5 heteroatoms. The van der Waals surface area contributed by atoms with Crippen molar-refractivity contribution in [3.63, 3.8) is 0 Å². The summed E-state index contributed by atoms with van der Waals surface area (Å²) in [6.07, 6.45) is 3.52. The Morgan fingerprint density at radius 1 is 1.00 bits per heavy atom. The fourth-order valence-corrected chi connectivity index (χ4v) is 3.23. The summed E-state index contributed by atoms with van der Waals surface area (Å²) in [4.78, 5) is 16.9. The van der Waals surface area contributed by atoms with Crippen molar-refractivity contribution >= 4 is 5.91 Å². The van der Waals surface area contributed by atoms with Gasteiger partial charge in [0.1, 0.15) is 0 Å². The first kappa shape index (κ1) is 20.8. The third-order valence-electron chi connectivity index (χ3n) is 4.90. The average molecular weight is 392 g/mol. The number of nitrogens with zero attached hydrogens (tertiary/aromatic N) is 2. The van der Waals surface area contributed by atoms with E-state index < -0.39 is 0 Å². The van der Waals surface area contributed by atoms with Crippen molar-refractivity contribution in [1.82, 2.24) is 15.5 Å². The first-order valence-corrected chi connectivity index (χ1v) is 10.3. The second-order valence-corrected chi connectivity index (χ2v) is 7.61. The van der Waals surface area contributed by atoms with Gasteiger partial charge in [0.25, 0.3) is 0 Å². The minimum atomic E-state index is -0.000135. The van der Waals surface area contributed by atoms with Gasteiger partial charge < -0.3 is 9.84 Å². The van der Waals surface area contributed by atoms with Gasteiger partial charge in [-0.25, -0.2) is 0 Å². The highest BCUT2D eigenvalue weighted by Crippen LogP contribution is 2.20. The smallest absolute Gasteiger partial charge is 0.226 e. The Balaban J connectivity index is 1.52. The largest absolute Gasteiger partial charge is 0.349 e. The van der Waals surface area contributed by atoms with E-state index in [9.17, 15) is 4.79 Å². The van der Waals surface area contributed by atoms with Crippen molar-refractivity contribution in [1.29, 1.82) is 0 Å². The molecule has 5 nitrogen and oxygen atoms in total. The van der Waals surface area contributed by atoms with Gasteiger partial charge in [-0.2, -0.15) is 4.98 Å². The molecule has 1 aromatic heterocycles.